The maximum atomic E-state index is 12.3. The van der Waals surface area contributed by atoms with Gasteiger partial charge in [-0.15, -0.1) is 0 Å². The van der Waals surface area contributed by atoms with Crippen molar-refractivity contribution in [3.05, 3.63) is 0 Å². The molecule has 0 spiro atoms. The van der Waals surface area contributed by atoms with E-state index in [9.17, 15) is 4.79 Å². The van der Waals surface area contributed by atoms with Crippen molar-refractivity contribution in [2.45, 2.75) is 27.2 Å². The third kappa shape index (κ3) is 4.38. The zero-order valence-corrected chi connectivity index (χ0v) is 12.2. The Morgan fingerprint density at radius 2 is 1.89 bits per heavy atom. The average Bonchev–Trinajstić information content (AvgIpc) is 2.39. The first-order valence-electron chi connectivity index (χ1n) is 6.98. The van der Waals surface area contributed by atoms with Crippen LogP contribution in [0.5, 0.6) is 0 Å². The fraction of sp³-hybridized carbons (Fsp3) is 0.846. The van der Waals surface area contributed by atoms with Gasteiger partial charge in [-0.25, -0.2) is 0 Å². The normalized spacial score (nSPS) is 19.8. The van der Waals surface area contributed by atoms with Crippen molar-refractivity contribution in [2.75, 3.05) is 32.7 Å². The highest BCUT2D eigenvalue weighted by Gasteiger charge is 2.29. The van der Waals surface area contributed by atoms with Crippen LogP contribution >= 0.6 is 0 Å². The van der Waals surface area contributed by atoms with Crippen LogP contribution in [0.4, 0.5) is 0 Å². The third-order valence-electron chi connectivity index (χ3n) is 3.49. The predicted molar refractivity (Wildman–Crippen MR) is 75.0 cm³/mol. The summed E-state index contributed by atoms with van der Waals surface area (Å²) in [6.07, 6.45) is 0.556. The molecular weight excluding hydrogens is 244 g/mol. The van der Waals surface area contributed by atoms with E-state index in [0.29, 0.717) is 12.3 Å². The molecule has 110 valence electrons. The number of amides is 1. The van der Waals surface area contributed by atoms with Crippen molar-refractivity contribution in [3.63, 3.8) is 0 Å². The first-order chi connectivity index (χ1) is 8.99. The molecule has 1 saturated heterocycles. The molecule has 0 saturated carbocycles. The number of hydrogen-bond acceptors (Lipinski definition) is 4. The summed E-state index contributed by atoms with van der Waals surface area (Å²) < 4.78 is 0. The van der Waals surface area contributed by atoms with Crippen molar-refractivity contribution >= 4 is 11.7 Å². The van der Waals surface area contributed by atoms with E-state index in [1.54, 1.807) is 0 Å². The fourth-order valence-corrected chi connectivity index (χ4v) is 2.47. The Hall–Kier alpha value is -1.30. The van der Waals surface area contributed by atoms with Crippen molar-refractivity contribution < 1.29 is 10.0 Å². The first kappa shape index (κ1) is 15.8. The van der Waals surface area contributed by atoms with Gasteiger partial charge in [0.2, 0.25) is 5.91 Å². The van der Waals surface area contributed by atoms with Gasteiger partial charge >= 0.3 is 0 Å². The van der Waals surface area contributed by atoms with Crippen LogP contribution in [-0.4, -0.2) is 59.5 Å². The van der Waals surface area contributed by atoms with E-state index in [1.807, 2.05) is 11.8 Å². The van der Waals surface area contributed by atoms with Crippen molar-refractivity contribution in [3.8, 4) is 0 Å². The van der Waals surface area contributed by atoms with Gasteiger partial charge in [0.05, 0.1) is 5.92 Å². The lowest BCUT2D eigenvalue weighted by atomic mass is 10.0. The molecule has 0 bridgehead atoms. The largest absolute Gasteiger partial charge is 0.409 e. The molecule has 1 heterocycles. The van der Waals surface area contributed by atoms with Crippen LogP contribution in [0.2, 0.25) is 0 Å². The zero-order chi connectivity index (χ0) is 14.4. The Morgan fingerprint density at radius 3 is 2.32 bits per heavy atom. The minimum absolute atomic E-state index is 0.0112. The summed E-state index contributed by atoms with van der Waals surface area (Å²) in [4.78, 5) is 16.5. The highest BCUT2D eigenvalue weighted by Crippen LogP contribution is 2.12. The molecule has 0 radical (unpaired) electrons. The molecule has 0 aromatic carbocycles. The summed E-state index contributed by atoms with van der Waals surface area (Å²) in [5, 5.41) is 11.7. The van der Waals surface area contributed by atoms with E-state index in [1.165, 1.54) is 0 Å². The van der Waals surface area contributed by atoms with Gasteiger partial charge in [-0.2, -0.15) is 0 Å². The molecule has 1 rings (SSSR count). The van der Waals surface area contributed by atoms with Crippen LogP contribution in [0.15, 0.2) is 5.16 Å². The molecule has 3 N–H and O–H groups in total. The van der Waals surface area contributed by atoms with Crippen molar-refractivity contribution in [1.29, 1.82) is 0 Å². The van der Waals surface area contributed by atoms with Crippen LogP contribution in [0.3, 0.4) is 0 Å². The second kappa shape index (κ2) is 7.33. The summed E-state index contributed by atoms with van der Waals surface area (Å²) in [7, 11) is 0. The zero-order valence-electron chi connectivity index (χ0n) is 12.2. The van der Waals surface area contributed by atoms with Crippen LogP contribution in [0.1, 0.15) is 27.2 Å². The topological polar surface area (TPSA) is 82.2 Å². The monoisotopic (exact) mass is 270 g/mol. The highest BCUT2D eigenvalue weighted by molar-refractivity contribution is 6.02. The number of nitrogens with two attached hydrogens (primary N) is 1. The third-order valence-corrected chi connectivity index (χ3v) is 3.49. The number of carbonyl (C=O) groups excluding carboxylic acids is 1. The standard InChI is InChI=1S/C13H26N4O2/c1-4-11(12(14)15-19)13(18)17-7-5-16(6-8-17)9-10(2)3/h10-11,19H,4-9H2,1-3H3,(H2,14,15). The summed E-state index contributed by atoms with van der Waals surface area (Å²) in [5.74, 6) is 0.128. The second-order valence-electron chi connectivity index (χ2n) is 5.51. The molecule has 0 aliphatic carbocycles. The van der Waals surface area contributed by atoms with Gasteiger partial charge in [-0.3, -0.25) is 9.69 Å². The van der Waals surface area contributed by atoms with E-state index in [4.69, 9.17) is 10.9 Å². The lowest BCUT2D eigenvalue weighted by molar-refractivity contribution is -0.135. The predicted octanol–water partition coefficient (Wildman–Crippen LogP) is 0.559. The molecule has 1 aliphatic heterocycles. The van der Waals surface area contributed by atoms with Gasteiger partial charge in [0, 0.05) is 32.7 Å². The molecule has 0 aromatic heterocycles. The van der Waals surface area contributed by atoms with Crippen LogP contribution in [0, 0.1) is 11.8 Å². The van der Waals surface area contributed by atoms with Crippen molar-refractivity contribution in [2.24, 2.45) is 22.7 Å². The summed E-state index contributed by atoms with van der Waals surface area (Å²) in [6, 6.07) is 0. The number of oxime groups is 1. The van der Waals surface area contributed by atoms with Gasteiger partial charge in [0.15, 0.2) is 5.84 Å². The van der Waals surface area contributed by atoms with Crippen LogP contribution in [0.25, 0.3) is 0 Å². The van der Waals surface area contributed by atoms with E-state index < -0.39 is 5.92 Å². The van der Waals surface area contributed by atoms with Gasteiger partial charge < -0.3 is 15.8 Å². The highest BCUT2D eigenvalue weighted by atomic mass is 16.4. The number of rotatable bonds is 5. The van der Waals surface area contributed by atoms with Gasteiger partial charge in [0.1, 0.15) is 0 Å². The molecule has 19 heavy (non-hydrogen) atoms. The quantitative estimate of drug-likeness (QED) is 0.331. The molecule has 1 atom stereocenters. The number of hydrogen-bond donors (Lipinski definition) is 2. The summed E-state index contributed by atoms with van der Waals surface area (Å²) in [5.41, 5.74) is 5.57. The van der Waals surface area contributed by atoms with Gasteiger partial charge in [0.25, 0.3) is 0 Å². The molecule has 1 aliphatic rings. The Morgan fingerprint density at radius 1 is 1.32 bits per heavy atom. The summed E-state index contributed by atoms with van der Waals surface area (Å²) >= 11 is 0. The number of amidine groups is 1. The second-order valence-corrected chi connectivity index (χ2v) is 5.51. The van der Waals surface area contributed by atoms with Crippen molar-refractivity contribution in [1.82, 2.24) is 9.80 Å². The van der Waals surface area contributed by atoms with Crippen LogP contribution in [-0.2, 0) is 4.79 Å². The lowest BCUT2D eigenvalue weighted by Gasteiger charge is -2.36. The molecule has 6 heteroatoms. The minimum atomic E-state index is -0.498. The molecule has 1 unspecified atom stereocenters. The fourth-order valence-electron chi connectivity index (χ4n) is 2.47. The van der Waals surface area contributed by atoms with E-state index in [2.05, 4.69) is 23.9 Å². The lowest BCUT2D eigenvalue weighted by Crippen LogP contribution is -2.52. The number of nitrogens with zero attached hydrogens (tertiary/aromatic N) is 3. The minimum Gasteiger partial charge on any atom is -0.409 e. The Kier molecular flexibility index (Phi) is 6.08. The van der Waals surface area contributed by atoms with E-state index in [0.717, 1.165) is 32.7 Å². The molecule has 6 nitrogen and oxygen atoms in total. The summed E-state index contributed by atoms with van der Waals surface area (Å²) in [6.45, 7) is 10.6. The average molecular weight is 270 g/mol. The first-order valence-corrected chi connectivity index (χ1v) is 6.98. The smallest absolute Gasteiger partial charge is 0.233 e. The Bertz CT molecular complexity index is 323. The maximum absolute atomic E-state index is 12.3. The Balaban J connectivity index is 2.52. The maximum Gasteiger partial charge on any atom is 0.233 e. The molecule has 0 aromatic rings. The van der Waals surface area contributed by atoms with Gasteiger partial charge in [-0.1, -0.05) is 25.9 Å². The number of carbonyl (C=O) groups is 1. The van der Waals surface area contributed by atoms with E-state index in [-0.39, 0.29) is 11.7 Å². The van der Waals surface area contributed by atoms with E-state index >= 15 is 0 Å². The van der Waals surface area contributed by atoms with Gasteiger partial charge in [-0.05, 0) is 12.3 Å². The molecular formula is C13H26N4O2. The number of piperazine rings is 1. The SMILES string of the molecule is CCC(C(=O)N1CCN(CC(C)C)CC1)C(N)=NO. The molecule has 1 amide bonds. The molecule has 1 fully saturated rings. The Labute approximate surface area is 115 Å². The van der Waals surface area contributed by atoms with Crippen LogP contribution < -0.4 is 5.73 Å².